The quantitative estimate of drug-likeness (QED) is 0.822. The number of hydrogen-bond donors (Lipinski definition) is 2. The minimum absolute atomic E-state index is 0.497. The van der Waals surface area contributed by atoms with Crippen molar-refractivity contribution in [3.8, 4) is 0 Å². The van der Waals surface area contributed by atoms with Crippen LogP contribution in [-0.2, 0) is 10.0 Å². The third-order valence-corrected chi connectivity index (χ3v) is 2.85. The van der Waals surface area contributed by atoms with Crippen LogP contribution in [-0.4, -0.2) is 13.4 Å². The molecule has 0 saturated heterocycles. The zero-order valence-corrected chi connectivity index (χ0v) is 8.69. The van der Waals surface area contributed by atoms with Crippen molar-refractivity contribution in [3.05, 3.63) is 16.8 Å². The van der Waals surface area contributed by atoms with Crippen LogP contribution in [0.3, 0.4) is 0 Å². The zero-order chi connectivity index (χ0) is 11.8. The Kier molecular flexibility index (Phi) is 3.12. The van der Waals surface area contributed by atoms with Crippen LogP contribution in [0.25, 0.3) is 0 Å². The van der Waals surface area contributed by atoms with Gasteiger partial charge < -0.3 is 5.73 Å². The maximum Gasteiger partial charge on any atom is 0.266 e. The summed E-state index contributed by atoms with van der Waals surface area (Å²) < 4.78 is 47.0. The molecule has 1 heterocycles. The Morgan fingerprint density at radius 3 is 2.33 bits per heavy atom. The van der Waals surface area contributed by atoms with E-state index in [0.29, 0.717) is 0 Å². The van der Waals surface area contributed by atoms with Gasteiger partial charge in [-0.05, 0) is 0 Å². The minimum atomic E-state index is -4.38. The molecule has 0 aromatic carbocycles. The van der Waals surface area contributed by atoms with E-state index in [2.05, 4.69) is 4.98 Å². The fourth-order valence-electron chi connectivity index (χ4n) is 1.00. The molecule has 1 rings (SSSR count). The first kappa shape index (κ1) is 12.1. The number of alkyl halides is 2. The van der Waals surface area contributed by atoms with Crippen LogP contribution >= 0.6 is 11.6 Å². The molecule has 9 heteroatoms. The summed E-state index contributed by atoms with van der Waals surface area (Å²) in [6, 6.07) is 0. The Balaban J connectivity index is 3.68. The maximum atomic E-state index is 12.5. The van der Waals surface area contributed by atoms with E-state index in [0.717, 1.165) is 6.20 Å². The lowest BCUT2D eigenvalue weighted by Crippen LogP contribution is -2.18. The van der Waals surface area contributed by atoms with Gasteiger partial charge in [0, 0.05) is 6.20 Å². The molecule has 0 amide bonds. The molecule has 1 aromatic heterocycles. The number of primary sulfonamides is 1. The van der Waals surface area contributed by atoms with Crippen LogP contribution in [0.5, 0.6) is 0 Å². The maximum absolute atomic E-state index is 12.5. The lowest BCUT2D eigenvalue weighted by Gasteiger charge is -2.10. The molecule has 0 aliphatic carbocycles. The molecular weight excluding hydrogens is 252 g/mol. The van der Waals surface area contributed by atoms with Gasteiger partial charge in [0.25, 0.3) is 6.43 Å². The van der Waals surface area contributed by atoms with Crippen molar-refractivity contribution in [2.75, 3.05) is 5.73 Å². The van der Waals surface area contributed by atoms with Gasteiger partial charge in [-0.15, -0.1) is 0 Å². The lowest BCUT2D eigenvalue weighted by molar-refractivity contribution is 0.148. The van der Waals surface area contributed by atoms with Crippen LogP contribution in [0.15, 0.2) is 11.1 Å². The van der Waals surface area contributed by atoms with Crippen molar-refractivity contribution in [1.29, 1.82) is 0 Å². The van der Waals surface area contributed by atoms with E-state index in [1.54, 1.807) is 0 Å². The number of anilines is 1. The largest absolute Gasteiger partial charge is 0.383 e. The molecule has 84 valence electrons. The average Bonchev–Trinajstić information content (AvgIpc) is 2.05. The molecule has 0 saturated carbocycles. The third-order valence-electron chi connectivity index (χ3n) is 1.55. The topological polar surface area (TPSA) is 99.1 Å². The van der Waals surface area contributed by atoms with Crippen LogP contribution in [0.2, 0.25) is 5.02 Å². The summed E-state index contributed by atoms with van der Waals surface area (Å²) in [6.45, 7) is 0. The smallest absolute Gasteiger partial charge is 0.266 e. The predicted molar refractivity (Wildman–Crippen MR) is 50.0 cm³/mol. The van der Waals surface area contributed by atoms with E-state index in [4.69, 9.17) is 22.5 Å². The molecule has 15 heavy (non-hydrogen) atoms. The first-order chi connectivity index (χ1) is 6.75. The van der Waals surface area contributed by atoms with E-state index in [9.17, 15) is 17.2 Å². The van der Waals surface area contributed by atoms with Gasteiger partial charge in [-0.3, -0.25) is 0 Å². The summed E-state index contributed by atoms with van der Waals surface area (Å²) in [5.41, 5.74) is 4.23. The highest BCUT2D eigenvalue weighted by Gasteiger charge is 2.27. The third kappa shape index (κ3) is 2.33. The van der Waals surface area contributed by atoms with Crippen molar-refractivity contribution in [3.63, 3.8) is 0 Å². The van der Waals surface area contributed by atoms with Gasteiger partial charge in [0.05, 0.1) is 10.6 Å². The highest BCUT2D eigenvalue weighted by Crippen LogP contribution is 2.34. The van der Waals surface area contributed by atoms with Gasteiger partial charge in [0.1, 0.15) is 10.7 Å². The summed E-state index contributed by atoms with van der Waals surface area (Å²) in [7, 11) is -4.38. The number of nitrogens with zero attached hydrogens (tertiary/aromatic N) is 1. The molecule has 0 fully saturated rings. The van der Waals surface area contributed by atoms with Gasteiger partial charge in [0.2, 0.25) is 10.0 Å². The van der Waals surface area contributed by atoms with Gasteiger partial charge in [-0.1, -0.05) is 11.6 Å². The highest BCUT2D eigenvalue weighted by molar-refractivity contribution is 7.89. The first-order valence-corrected chi connectivity index (χ1v) is 5.42. The molecule has 0 spiro atoms. The number of aromatic nitrogens is 1. The summed E-state index contributed by atoms with van der Waals surface area (Å²) in [5.74, 6) is -0.600. The highest BCUT2D eigenvalue weighted by atomic mass is 35.5. The van der Waals surface area contributed by atoms with Gasteiger partial charge >= 0.3 is 0 Å². The number of rotatable bonds is 2. The SMILES string of the molecule is Nc1ncc(Cl)c(C(F)F)c1S(N)(=O)=O. The fourth-order valence-corrected chi connectivity index (χ4v) is 2.13. The Hall–Kier alpha value is -0.990. The van der Waals surface area contributed by atoms with Crippen LogP contribution in [0.4, 0.5) is 14.6 Å². The van der Waals surface area contributed by atoms with Crippen LogP contribution in [0.1, 0.15) is 12.0 Å². The zero-order valence-electron chi connectivity index (χ0n) is 7.12. The summed E-state index contributed by atoms with van der Waals surface area (Å²) in [6.07, 6.45) is -2.26. The van der Waals surface area contributed by atoms with Crippen molar-refractivity contribution >= 4 is 27.4 Å². The first-order valence-electron chi connectivity index (χ1n) is 3.50. The summed E-state index contributed by atoms with van der Waals surface area (Å²) in [5, 5.41) is 4.23. The van der Waals surface area contributed by atoms with E-state index < -0.39 is 37.7 Å². The van der Waals surface area contributed by atoms with Gasteiger partial charge in [0.15, 0.2) is 0 Å². The number of halogens is 3. The van der Waals surface area contributed by atoms with Crippen molar-refractivity contribution in [2.45, 2.75) is 11.3 Å². The molecule has 0 bridgehead atoms. The van der Waals surface area contributed by atoms with Crippen LogP contribution < -0.4 is 10.9 Å². The molecule has 5 nitrogen and oxygen atoms in total. The monoisotopic (exact) mass is 257 g/mol. The van der Waals surface area contributed by atoms with Crippen molar-refractivity contribution in [1.82, 2.24) is 4.98 Å². The van der Waals surface area contributed by atoms with Crippen molar-refractivity contribution in [2.24, 2.45) is 5.14 Å². The molecular formula is C6H6ClF2N3O2S. The second kappa shape index (κ2) is 3.87. The summed E-state index contributed by atoms with van der Waals surface area (Å²) in [4.78, 5) is 2.42. The fraction of sp³-hybridized carbons (Fsp3) is 0.167. The molecule has 0 aliphatic rings. The van der Waals surface area contributed by atoms with Crippen LogP contribution in [0, 0.1) is 0 Å². The standard InChI is InChI=1S/C6H6ClF2N3O2S/c7-2-1-12-6(10)4(15(11,13)14)3(2)5(8)9/h1,5H,(H2,10,12)(H2,11,13,14). The molecule has 0 radical (unpaired) electrons. The van der Waals surface area contributed by atoms with E-state index in [1.807, 2.05) is 0 Å². The molecule has 0 aliphatic heterocycles. The number of pyridine rings is 1. The Morgan fingerprint density at radius 2 is 2.00 bits per heavy atom. The number of sulfonamides is 1. The lowest BCUT2D eigenvalue weighted by atomic mass is 10.2. The number of hydrogen-bond acceptors (Lipinski definition) is 4. The Bertz CT molecular complexity index is 491. The van der Waals surface area contributed by atoms with Gasteiger partial charge in [-0.2, -0.15) is 0 Å². The Morgan fingerprint density at radius 1 is 1.47 bits per heavy atom. The second-order valence-corrected chi connectivity index (χ2v) is 4.49. The Labute approximate surface area is 89.1 Å². The molecule has 1 aromatic rings. The second-order valence-electron chi connectivity index (χ2n) is 2.58. The normalized spacial score (nSPS) is 12.1. The molecule has 0 unspecified atom stereocenters. The predicted octanol–water partition coefficient (Wildman–Crippen LogP) is 0.902. The minimum Gasteiger partial charge on any atom is -0.383 e. The summed E-state index contributed by atoms with van der Waals surface area (Å²) >= 11 is 5.38. The van der Waals surface area contributed by atoms with Gasteiger partial charge in [-0.25, -0.2) is 27.3 Å². The molecule has 4 N–H and O–H groups in total. The number of nitrogen functional groups attached to an aromatic ring is 1. The van der Waals surface area contributed by atoms with E-state index in [1.165, 1.54) is 0 Å². The van der Waals surface area contributed by atoms with E-state index >= 15 is 0 Å². The van der Waals surface area contributed by atoms with Crippen molar-refractivity contribution < 1.29 is 17.2 Å². The number of nitrogens with two attached hydrogens (primary N) is 2. The molecule has 0 atom stereocenters. The van der Waals surface area contributed by atoms with E-state index in [-0.39, 0.29) is 0 Å². The average molecular weight is 258 g/mol.